The molecule has 0 saturated carbocycles. The van der Waals surface area contributed by atoms with E-state index in [9.17, 15) is 4.79 Å². The number of amides is 1. The normalized spacial score (nSPS) is 17.3. The third kappa shape index (κ3) is 5.18. The number of thioether (sulfide) groups is 1. The predicted molar refractivity (Wildman–Crippen MR) is 140 cm³/mol. The number of anilines is 1. The molecule has 0 atom stereocenters. The lowest BCUT2D eigenvalue weighted by Crippen LogP contribution is -2.47. The Morgan fingerprint density at radius 2 is 1.65 bits per heavy atom. The van der Waals surface area contributed by atoms with Gasteiger partial charge in [0.1, 0.15) is 12.4 Å². The van der Waals surface area contributed by atoms with Gasteiger partial charge in [0.05, 0.1) is 4.91 Å². The van der Waals surface area contributed by atoms with Crippen LogP contribution in [0.5, 0.6) is 5.75 Å². The number of carbonyl (C=O) groups is 1. The molecular weight excluding hydrogens is 442 g/mol. The number of aliphatic imine (C=N–C) groups is 1. The van der Waals surface area contributed by atoms with E-state index in [4.69, 9.17) is 4.74 Å². The van der Waals surface area contributed by atoms with Crippen molar-refractivity contribution in [2.45, 2.75) is 13.5 Å². The lowest BCUT2D eigenvalue weighted by Gasteiger charge is -2.36. The minimum absolute atomic E-state index is 0.182. The molecule has 1 amide bonds. The first-order valence-corrected chi connectivity index (χ1v) is 12.3. The Morgan fingerprint density at radius 1 is 0.912 bits per heavy atom. The van der Waals surface area contributed by atoms with Crippen molar-refractivity contribution in [2.24, 2.45) is 4.99 Å². The first kappa shape index (κ1) is 22.3. The molecule has 5 rings (SSSR count). The Morgan fingerprint density at radius 3 is 2.44 bits per heavy atom. The molecule has 5 nitrogen and oxygen atoms in total. The molecule has 2 aliphatic heterocycles. The number of hydrogen-bond acceptors (Lipinski definition) is 5. The van der Waals surface area contributed by atoms with Crippen LogP contribution in [0, 0.1) is 6.92 Å². The van der Waals surface area contributed by atoms with Gasteiger partial charge >= 0.3 is 0 Å². The summed E-state index contributed by atoms with van der Waals surface area (Å²) in [5.41, 5.74) is 4.51. The van der Waals surface area contributed by atoms with Gasteiger partial charge in [-0.2, -0.15) is 4.99 Å². The fraction of sp³-hybridized carbons (Fsp3) is 0.214. The number of rotatable bonds is 5. The second-order valence-electron chi connectivity index (χ2n) is 8.44. The van der Waals surface area contributed by atoms with Gasteiger partial charge in [-0.3, -0.25) is 4.79 Å². The van der Waals surface area contributed by atoms with Crippen molar-refractivity contribution < 1.29 is 9.53 Å². The van der Waals surface area contributed by atoms with Crippen LogP contribution in [-0.4, -0.2) is 42.2 Å². The summed E-state index contributed by atoms with van der Waals surface area (Å²) in [6, 6.07) is 26.5. The van der Waals surface area contributed by atoms with Gasteiger partial charge in [-0.05, 0) is 54.1 Å². The summed E-state index contributed by atoms with van der Waals surface area (Å²) < 4.78 is 6.06. The van der Waals surface area contributed by atoms with Gasteiger partial charge in [0.15, 0.2) is 5.17 Å². The van der Waals surface area contributed by atoms with E-state index in [1.54, 1.807) is 0 Å². The maximum absolute atomic E-state index is 12.7. The molecule has 0 aliphatic carbocycles. The van der Waals surface area contributed by atoms with Crippen LogP contribution < -0.4 is 9.64 Å². The quantitative estimate of drug-likeness (QED) is 0.471. The van der Waals surface area contributed by atoms with E-state index >= 15 is 0 Å². The van der Waals surface area contributed by atoms with Crippen molar-refractivity contribution in [1.29, 1.82) is 0 Å². The molecule has 0 N–H and O–H groups in total. The topological polar surface area (TPSA) is 45.1 Å². The van der Waals surface area contributed by atoms with E-state index in [0.29, 0.717) is 11.5 Å². The van der Waals surface area contributed by atoms with Crippen molar-refractivity contribution in [1.82, 2.24) is 4.90 Å². The fourth-order valence-corrected chi connectivity index (χ4v) is 5.08. The van der Waals surface area contributed by atoms with Crippen LogP contribution in [0.25, 0.3) is 6.08 Å². The van der Waals surface area contributed by atoms with Gasteiger partial charge in [-0.1, -0.05) is 60.7 Å². The zero-order valence-electron chi connectivity index (χ0n) is 19.2. The minimum Gasteiger partial charge on any atom is -0.488 e. The zero-order chi connectivity index (χ0) is 23.3. The molecule has 3 aromatic rings. The molecule has 6 heteroatoms. The van der Waals surface area contributed by atoms with Crippen LogP contribution in [0.1, 0.15) is 16.7 Å². The second-order valence-corrected chi connectivity index (χ2v) is 9.44. The summed E-state index contributed by atoms with van der Waals surface area (Å²) in [5.74, 6) is 0.575. The molecule has 0 radical (unpaired) electrons. The molecule has 3 aromatic carbocycles. The maximum Gasteiger partial charge on any atom is 0.286 e. The van der Waals surface area contributed by atoms with Gasteiger partial charge in [0, 0.05) is 37.4 Å². The van der Waals surface area contributed by atoms with Crippen molar-refractivity contribution >= 4 is 34.6 Å². The van der Waals surface area contributed by atoms with Gasteiger partial charge < -0.3 is 14.5 Å². The monoisotopic (exact) mass is 469 g/mol. The third-order valence-corrected chi connectivity index (χ3v) is 7.01. The van der Waals surface area contributed by atoms with Crippen molar-refractivity contribution in [3.05, 3.63) is 100 Å². The Labute approximate surface area is 204 Å². The number of nitrogens with zero attached hydrogens (tertiary/aromatic N) is 3. The summed E-state index contributed by atoms with van der Waals surface area (Å²) in [6.07, 6.45) is 1.90. The molecule has 2 heterocycles. The zero-order valence-corrected chi connectivity index (χ0v) is 20.0. The fourth-order valence-electron chi connectivity index (χ4n) is 4.12. The Bertz CT molecular complexity index is 1230. The largest absolute Gasteiger partial charge is 0.488 e. The number of amidine groups is 1. The summed E-state index contributed by atoms with van der Waals surface area (Å²) in [7, 11) is 0. The molecule has 0 bridgehead atoms. The van der Waals surface area contributed by atoms with Crippen LogP contribution >= 0.6 is 11.8 Å². The highest BCUT2D eigenvalue weighted by Gasteiger charge is 2.28. The Balaban J connectivity index is 1.23. The van der Waals surface area contributed by atoms with Crippen LogP contribution in [-0.2, 0) is 11.4 Å². The summed E-state index contributed by atoms with van der Waals surface area (Å²) in [4.78, 5) is 22.3. The number of benzene rings is 3. The van der Waals surface area contributed by atoms with Crippen LogP contribution in [0.15, 0.2) is 88.8 Å². The van der Waals surface area contributed by atoms with E-state index < -0.39 is 0 Å². The maximum atomic E-state index is 12.7. The SMILES string of the molecule is Cc1cccc(N2CCN(C3=NC(=O)/C(=C\c4ccccc4OCc4ccccc4)S3)CC2)c1. The molecule has 1 saturated heterocycles. The third-order valence-electron chi connectivity index (χ3n) is 5.97. The van der Waals surface area contributed by atoms with Crippen LogP contribution in [0.2, 0.25) is 0 Å². The summed E-state index contributed by atoms with van der Waals surface area (Å²) in [6.45, 7) is 6.11. The van der Waals surface area contributed by atoms with Gasteiger partial charge in [-0.25, -0.2) is 0 Å². The number of hydrogen-bond donors (Lipinski definition) is 0. The highest BCUT2D eigenvalue weighted by Crippen LogP contribution is 2.33. The van der Waals surface area contributed by atoms with Crippen LogP contribution in [0.4, 0.5) is 5.69 Å². The van der Waals surface area contributed by atoms with E-state index in [1.165, 1.54) is 23.0 Å². The highest BCUT2D eigenvalue weighted by molar-refractivity contribution is 8.18. The molecule has 34 heavy (non-hydrogen) atoms. The number of para-hydroxylation sites is 1. The standard InChI is InChI=1S/C28H27N3O2S/c1-21-8-7-12-24(18-21)30-14-16-31(17-15-30)28-29-27(32)26(34-28)19-23-11-5-6-13-25(23)33-20-22-9-3-2-4-10-22/h2-13,18-19H,14-17,20H2,1H3/b26-19+. The minimum atomic E-state index is -0.182. The lowest BCUT2D eigenvalue weighted by molar-refractivity contribution is -0.113. The molecular formula is C28H27N3O2S. The molecule has 0 aromatic heterocycles. The van der Waals surface area contributed by atoms with E-state index in [1.807, 2.05) is 60.7 Å². The molecule has 1 fully saturated rings. The van der Waals surface area contributed by atoms with Crippen molar-refractivity contribution in [2.75, 3.05) is 31.1 Å². The number of ether oxygens (including phenoxy) is 1. The average Bonchev–Trinajstić information content (AvgIpc) is 3.24. The summed E-state index contributed by atoms with van der Waals surface area (Å²) >= 11 is 1.46. The lowest BCUT2D eigenvalue weighted by atomic mass is 10.2. The Kier molecular flexibility index (Phi) is 6.67. The van der Waals surface area contributed by atoms with Gasteiger partial charge in [0.2, 0.25) is 0 Å². The molecule has 0 unspecified atom stereocenters. The number of piperazine rings is 1. The van der Waals surface area contributed by atoms with Crippen molar-refractivity contribution in [3.8, 4) is 5.75 Å². The van der Waals surface area contributed by atoms with Crippen LogP contribution in [0.3, 0.4) is 0 Å². The first-order chi connectivity index (χ1) is 16.7. The van der Waals surface area contributed by atoms with Gasteiger partial charge in [0.25, 0.3) is 5.91 Å². The summed E-state index contributed by atoms with van der Waals surface area (Å²) in [5, 5.41) is 0.794. The van der Waals surface area contributed by atoms with E-state index in [0.717, 1.165) is 48.2 Å². The van der Waals surface area contributed by atoms with Crippen molar-refractivity contribution in [3.63, 3.8) is 0 Å². The molecule has 2 aliphatic rings. The molecule has 172 valence electrons. The molecule has 0 spiro atoms. The predicted octanol–water partition coefficient (Wildman–Crippen LogP) is 5.37. The average molecular weight is 470 g/mol. The highest BCUT2D eigenvalue weighted by atomic mass is 32.2. The van der Waals surface area contributed by atoms with E-state index in [-0.39, 0.29) is 5.91 Å². The van der Waals surface area contributed by atoms with E-state index in [2.05, 4.69) is 46.0 Å². The van der Waals surface area contributed by atoms with Gasteiger partial charge in [-0.15, -0.1) is 0 Å². The smallest absolute Gasteiger partial charge is 0.286 e. The second kappa shape index (κ2) is 10.2. The number of carbonyl (C=O) groups excluding carboxylic acids is 1. The Hall–Kier alpha value is -3.51. The number of aryl methyl sites for hydroxylation is 1. The first-order valence-electron chi connectivity index (χ1n) is 11.5.